The lowest BCUT2D eigenvalue weighted by atomic mass is 10.2. The van der Waals surface area contributed by atoms with Crippen molar-refractivity contribution >= 4 is 18.1 Å². The van der Waals surface area contributed by atoms with Crippen molar-refractivity contribution in [3.05, 3.63) is 33.9 Å². The molecule has 0 unspecified atom stereocenters. The van der Waals surface area contributed by atoms with Crippen LogP contribution in [0.15, 0.2) is 18.2 Å². The molecule has 2 N–H and O–H groups in total. The topological polar surface area (TPSA) is 78.4 Å². The lowest BCUT2D eigenvalue weighted by Crippen LogP contribution is -2.29. The molecule has 0 saturated heterocycles. The number of halogens is 1. The quantitative estimate of drug-likeness (QED) is 0.663. The summed E-state index contributed by atoms with van der Waals surface area (Å²) in [5.74, 6) is 0.547. The van der Waals surface area contributed by atoms with Gasteiger partial charge in [0.25, 0.3) is 5.69 Å². The van der Waals surface area contributed by atoms with E-state index in [2.05, 4.69) is 0 Å². The van der Waals surface area contributed by atoms with Gasteiger partial charge in [-0.1, -0.05) is 6.07 Å². The van der Waals surface area contributed by atoms with Crippen LogP contribution >= 0.6 is 12.4 Å². The summed E-state index contributed by atoms with van der Waals surface area (Å²) in [6, 6.07) is 4.82. The predicted octanol–water partition coefficient (Wildman–Crippen LogP) is 2.20. The Kier molecular flexibility index (Phi) is 3.95. The van der Waals surface area contributed by atoms with Crippen molar-refractivity contribution in [1.82, 2.24) is 0 Å². The molecule has 0 spiro atoms. The van der Waals surface area contributed by atoms with Crippen LogP contribution in [0.2, 0.25) is 0 Å². The number of nitrogens with zero attached hydrogens (tertiary/aromatic N) is 1. The summed E-state index contributed by atoms with van der Waals surface area (Å²) in [5, 5.41) is 10.7. The third-order valence-electron chi connectivity index (χ3n) is 2.86. The Morgan fingerprint density at radius 3 is 2.71 bits per heavy atom. The van der Waals surface area contributed by atoms with E-state index in [1.807, 2.05) is 0 Å². The lowest BCUT2D eigenvalue weighted by Gasteiger charge is -2.12. The second-order valence-corrected chi connectivity index (χ2v) is 4.31. The predicted molar refractivity (Wildman–Crippen MR) is 66.7 cm³/mol. The molecule has 1 aliphatic carbocycles. The van der Waals surface area contributed by atoms with Gasteiger partial charge in [-0.15, -0.1) is 12.4 Å². The zero-order valence-corrected chi connectivity index (χ0v) is 10.3. The number of hydrogen-bond acceptors (Lipinski definition) is 4. The van der Waals surface area contributed by atoms with E-state index in [-0.39, 0.29) is 23.6 Å². The molecule has 1 aromatic rings. The molecule has 0 radical (unpaired) electrons. The van der Waals surface area contributed by atoms with Crippen molar-refractivity contribution in [3.63, 3.8) is 0 Å². The first kappa shape index (κ1) is 13.7. The van der Waals surface area contributed by atoms with Gasteiger partial charge in [-0.3, -0.25) is 10.1 Å². The molecule has 5 nitrogen and oxygen atoms in total. The minimum Gasteiger partial charge on any atom is -0.491 e. The zero-order valence-electron chi connectivity index (χ0n) is 9.51. The number of nitro groups is 1. The highest BCUT2D eigenvalue weighted by molar-refractivity contribution is 5.85. The second-order valence-electron chi connectivity index (χ2n) is 4.31. The molecule has 94 valence electrons. The highest BCUT2D eigenvalue weighted by atomic mass is 35.5. The number of nitrogens with two attached hydrogens (primary N) is 1. The molecule has 17 heavy (non-hydrogen) atoms. The van der Waals surface area contributed by atoms with Gasteiger partial charge < -0.3 is 10.5 Å². The minimum absolute atomic E-state index is 0. The van der Waals surface area contributed by atoms with Crippen molar-refractivity contribution < 1.29 is 9.66 Å². The Bertz CT molecular complexity index is 433. The standard InChI is InChI=1S/C11H14N2O3.ClH/c1-8-9(13(14)15)3-2-4-10(8)16-7-11(12)5-6-11;/h2-4H,5-7,12H2,1H3;1H. The molecular formula is C11H15ClN2O3. The van der Waals surface area contributed by atoms with Crippen LogP contribution in [0.4, 0.5) is 5.69 Å². The largest absolute Gasteiger partial charge is 0.491 e. The molecule has 0 heterocycles. The minimum atomic E-state index is -0.405. The summed E-state index contributed by atoms with van der Waals surface area (Å²) in [6.07, 6.45) is 1.92. The Morgan fingerprint density at radius 2 is 2.18 bits per heavy atom. The van der Waals surface area contributed by atoms with Crippen molar-refractivity contribution in [2.24, 2.45) is 5.73 Å². The van der Waals surface area contributed by atoms with Crippen LogP contribution in [0.1, 0.15) is 18.4 Å². The van der Waals surface area contributed by atoms with E-state index in [1.54, 1.807) is 19.1 Å². The van der Waals surface area contributed by atoms with Crippen molar-refractivity contribution in [2.75, 3.05) is 6.61 Å². The molecule has 1 aromatic carbocycles. The first-order valence-electron chi connectivity index (χ1n) is 5.17. The fourth-order valence-electron chi connectivity index (χ4n) is 1.48. The van der Waals surface area contributed by atoms with Gasteiger partial charge in [-0.05, 0) is 25.8 Å². The van der Waals surface area contributed by atoms with Crippen molar-refractivity contribution in [1.29, 1.82) is 0 Å². The molecule has 1 aliphatic rings. The van der Waals surface area contributed by atoms with Crippen LogP contribution in [0.25, 0.3) is 0 Å². The number of nitro benzene ring substituents is 1. The maximum atomic E-state index is 10.7. The highest BCUT2D eigenvalue weighted by Crippen LogP contribution is 2.34. The summed E-state index contributed by atoms with van der Waals surface area (Å²) in [6.45, 7) is 2.11. The maximum Gasteiger partial charge on any atom is 0.276 e. The van der Waals surface area contributed by atoms with Crippen LogP contribution in [0, 0.1) is 17.0 Å². The number of ether oxygens (including phenoxy) is 1. The average molecular weight is 259 g/mol. The molecular weight excluding hydrogens is 244 g/mol. The molecule has 0 atom stereocenters. The highest BCUT2D eigenvalue weighted by Gasteiger charge is 2.39. The Morgan fingerprint density at radius 1 is 1.53 bits per heavy atom. The van der Waals surface area contributed by atoms with Gasteiger partial charge in [0.1, 0.15) is 12.4 Å². The average Bonchev–Trinajstić information content (AvgIpc) is 2.95. The third-order valence-corrected chi connectivity index (χ3v) is 2.86. The fourth-order valence-corrected chi connectivity index (χ4v) is 1.48. The maximum absolute atomic E-state index is 10.7. The van der Waals surface area contributed by atoms with E-state index in [0.29, 0.717) is 17.9 Å². The molecule has 6 heteroatoms. The summed E-state index contributed by atoms with van der Waals surface area (Å²) in [4.78, 5) is 10.3. The van der Waals surface area contributed by atoms with Crippen LogP contribution in [-0.2, 0) is 0 Å². The van der Waals surface area contributed by atoms with E-state index >= 15 is 0 Å². The number of benzene rings is 1. The van der Waals surface area contributed by atoms with Crippen molar-refractivity contribution in [2.45, 2.75) is 25.3 Å². The van der Waals surface area contributed by atoms with Crippen LogP contribution in [-0.4, -0.2) is 17.1 Å². The number of hydrogen-bond donors (Lipinski definition) is 1. The first-order chi connectivity index (χ1) is 7.52. The van der Waals surface area contributed by atoms with Crippen LogP contribution < -0.4 is 10.5 Å². The van der Waals surface area contributed by atoms with Gasteiger partial charge in [-0.2, -0.15) is 0 Å². The Hall–Kier alpha value is -1.33. The zero-order chi connectivity index (χ0) is 11.8. The van der Waals surface area contributed by atoms with E-state index in [4.69, 9.17) is 10.5 Å². The first-order valence-corrected chi connectivity index (χ1v) is 5.17. The Labute approximate surface area is 106 Å². The molecule has 0 aliphatic heterocycles. The molecule has 1 saturated carbocycles. The smallest absolute Gasteiger partial charge is 0.276 e. The van der Waals surface area contributed by atoms with Gasteiger partial charge in [0, 0.05) is 6.07 Å². The van der Waals surface area contributed by atoms with Gasteiger partial charge in [0.15, 0.2) is 0 Å². The summed E-state index contributed by atoms with van der Waals surface area (Å²) >= 11 is 0. The molecule has 1 fully saturated rings. The summed E-state index contributed by atoms with van der Waals surface area (Å²) in [5.41, 5.74) is 6.31. The second kappa shape index (κ2) is 4.89. The van der Waals surface area contributed by atoms with Gasteiger partial charge in [-0.25, -0.2) is 0 Å². The molecule has 2 rings (SSSR count). The lowest BCUT2D eigenvalue weighted by molar-refractivity contribution is -0.385. The van der Waals surface area contributed by atoms with E-state index in [9.17, 15) is 10.1 Å². The monoisotopic (exact) mass is 258 g/mol. The van der Waals surface area contributed by atoms with Crippen LogP contribution in [0.5, 0.6) is 5.75 Å². The molecule has 0 aromatic heterocycles. The van der Waals surface area contributed by atoms with E-state index in [1.165, 1.54) is 6.07 Å². The number of rotatable bonds is 4. The van der Waals surface area contributed by atoms with Gasteiger partial charge in [0.2, 0.25) is 0 Å². The Balaban J connectivity index is 0.00000144. The van der Waals surface area contributed by atoms with Crippen molar-refractivity contribution in [3.8, 4) is 5.75 Å². The van der Waals surface area contributed by atoms with Gasteiger partial charge in [0.05, 0.1) is 16.0 Å². The van der Waals surface area contributed by atoms with Gasteiger partial charge >= 0.3 is 0 Å². The summed E-state index contributed by atoms with van der Waals surface area (Å²) in [7, 11) is 0. The van der Waals surface area contributed by atoms with E-state index < -0.39 is 4.92 Å². The molecule has 0 amide bonds. The fraction of sp³-hybridized carbons (Fsp3) is 0.455. The SMILES string of the molecule is Cc1c(OCC2(N)CC2)cccc1[N+](=O)[O-].Cl. The summed E-state index contributed by atoms with van der Waals surface area (Å²) < 4.78 is 5.53. The molecule has 0 bridgehead atoms. The normalized spacial score (nSPS) is 15.9. The van der Waals surface area contributed by atoms with Crippen LogP contribution in [0.3, 0.4) is 0 Å². The van der Waals surface area contributed by atoms with E-state index in [0.717, 1.165) is 12.8 Å². The third kappa shape index (κ3) is 3.08.